The first-order valence-corrected chi connectivity index (χ1v) is 7.27. The lowest BCUT2D eigenvalue weighted by atomic mass is 10.2. The summed E-state index contributed by atoms with van der Waals surface area (Å²) in [6.45, 7) is 1.90. The van der Waals surface area contributed by atoms with Gasteiger partial charge in [-0.1, -0.05) is 27.5 Å². The van der Waals surface area contributed by atoms with Gasteiger partial charge in [-0.25, -0.2) is 0 Å². The molecule has 2 aromatic rings. The first-order valence-electron chi connectivity index (χ1n) is 6.10. The molecule has 108 valence electrons. The van der Waals surface area contributed by atoms with Crippen LogP contribution in [0.5, 0.6) is 0 Å². The smallest absolute Gasteiger partial charge is 0.314 e. The highest BCUT2D eigenvalue weighted by molar-refractivity contribution is 9.10. The lowest BCUT2D eigenvalue weighted by molar-refractivity contribution is -0.132. The molecule has 4 nitrogen and oxygen atoms in total. The molecular formula is C15H12BrClN2O2. The summed E-state index contributed by atoms with van der Waals surface area (Å²) < 4.78 is 0.936. The number of anilines is 2. The molecule has 2 N–H and O–H groups in total. The van der Waals surface area contributed by atoms with Gasteiger partial charge in [0.1, 0.15) is 0 Å². The van der Waals surface area contributed by atoms with E-state index in [2.05, 4.69) is 26.6 Å². The molecule has 2 rings (SSSR count). The van der Waals surface area contributed by atoms with Crippen molar-refractivity contribution in [2.45, 2.75) is 6.92 Å². The number of rotatable bonds is 2. The Morgan fingerprint density at radius 1 is 0.952 bits per heavy atom. The fraction of sp³-hybridized carbons (Fsp3) is 0.0667. The van der Waals surface area contributed by atoms with Gasteiger partial charge in [0.2, 0.25) is 0 Å². The minimum Gasteiger partial charge on any atom is -0.318 e. The second-order valence-corrected chi connectivity index (χ2v) is 5.67. The third-order valence-electron chi connectivity index (χ3n) is 2.72. The summed E-state index contributed by atoms with van der Waals surface area (Å²) in [6, 6.07) is 11.8. The Labute approximate surface area is 135 Å². The average molecular weight is 368 g/mol. The maximum absolute atomic E-state index is 11.8. The van der Waals surface area contributed by atoms with Gasteiger partial charge < -0.3 is 10.6 Å². The predicted octanol–water partition coefficient (Wildman–Crippen LogP) is 3.99. The zero-order valence-corrected chi connectivity index (χ0v) is 13.5. The molecule has 0 unspecified atom stereocenters. The van der Waals surface area contributed by atoms with Crippen LogP contribution in [-0.4, -0.2) is 11.8 Å². The van der Waals surface area contributed by atoms with Crippen LogP contribution < -0.4 is 10.6 Å². The largest absolute Gasteiger partial charge is 0.318 e. The molecule has 0 aliphatic heterocycles. The molecule has 0 aromatic heterocycles. The SMILES string of the molecule is Cc1cc(NC(=O)C(=O)Nc2ccc(Cl)cc2)ccc1Br. The van der Waals surface area contributed by atoms with Crippen molar-refractivity contribution in [3.05, 3.63) is 57.5 Å². The highest BCUT2D eigenvalue weighted by Crippen LogP contribution is 2.20. The molecule has 0 aliphatic rings. The van der Waals surface area contributed by atoms with E-state index in [1.807, 2.05) is 13.0 Å². The number of benzene rings is 2. The Morgan fingerprint density at radius 3 is 2.05 bits per heavy atom. The van der Waals surface area contributed by atoms with Crippen LogP contribution >= 0.6 is 27.5 Å². The summed E-state index contributed by atoms with van der Waals surface area (Å²) in [5.74, 6) is -1.47. The van der Waals surface area contributed by atoms with E-state index >= 15 is 0 Å². The summed E-state index contributed by atoms with van der Waals surface area (Å²) in [5, 5.41) is 5.60. The van der Waals surface area contributed by atoms with Crippen molar-refractivity contribution in [1.82, 2.24) is 0 Å². The Morgan fingerprint density at radius 2 is 1.48 bits per heavy atom. The Kier molecular flexibility index (Phi) is 4.98. The Hall–Kier alpha value is -1.85. The van der Waals surface area contributed by atoms with Crippen LogP contribution in [0.2, 0.25) is 5.02 Å². The highest BCUT2D eigenvalue weighted by Gasteiger charge is 2.14. The van der Waals surface area contributed by atoms with E-state index in [9.17, 15) is 9.59 Å². The van der Waals surface area contributed by atoms with Crippen LogP contribution in [0, 0.1) is 6.92 Å². The normalized spacial score (nSPS) is 10.0. The van der Waals surface area contributed by atoms with Crippen LogP contribution in [0.1, 0.15) is 5.56 Å². The maximum atomic E-state index is 11.8. The second kappa shape index (κ2) is 6.74. The van der Waals surface area contributed by atoms with Gasteiger partial charge in [0.05, 0.1) is 0 Å². The lowest BCUT2D eigenvalue weighted by Crippen LogP contribution is -2.29. The monoisotopic (exact) mass is 366 g/mol. The number of nitrogens with one attached hydrogen (secondary N) is 2. The van der Waals surface area contributed by atoms with Crippen LogP contribution in [0.4, 0.5) is 11.4 Å². The minimum absolute atomic E-state index is 0.506. The fourth-order valence-corrected chi connectivity index (χ4v) is 2.00. The number of hydrogen-bond donors (Lipinski definition) is 2. The molecule has 2 amide bonds. The van der Waals surface area contributed by atoms with E-state index in [4.69, 9.17) is 11.6 Å². The van der Waals surface area contributed by atoms with Gasteiger partial charge in [0.15, 0.2) is 0 Å². The summed E-state index contributed by atoms with van der Waals surface area (Å²) in [6.07, 6.45) is 0. The van der Waals surface area contributed by atoms with Crippen molar-refractivity contribution in [3.8, 4) is 0 Å². The number of halogens is 2. The Bertz CT molecular complexity index is 687. The molecule has 0 saturated carbocycles. The van der Waals surface area contributed by atoms with E-state index in [1.54, 1.807) is 36.4 Å². The first-order chi connectivity index (χ1) is 9.95. The van der Waals surface area contributed by atoms with E-state index in [-0.39, 0.29) is 0 Å². The van der Waals surface area contributed by atoms with Gasteiger partial charge in [-0.2, -0.15) is 0 Å². The van der Waals surface area contributed by atoms with E-state index in [0.29, 0.717) is 16.4 Å². The topological polar surface area (TPSA) is 58.2 Å². The Balaban J connectivity index is 2.00. The highest BCUT2D eigenvalue weighted by atomic mass is 79.9. The number of carbonyl (C=O) groups is 2. The standard InChI is InChI=1S/C15H12BrClN2O2/c1-9-8-12(6-7-13(9)16)19-15(21)14(20)18-11-4-2-10(17)3-5-11/h2-8H,1H3,(H,18,20)(H,19,21). The zero-order chi connectivity index (χ0) is 15.4. The molecule has 0 fully saturated rings. The van der Waals surface area contributed by atoms with Crippen LogP contribution in [0.3, 0.4) is 0 Å². The van der Waals surface area contributed by atoms with Crippen molar-refractivity contribution < 1.29 is 9.59 Å². The molecule has 21 heavy (non-hydrogen) atoms. The maximum Gasteiger partial charge on any atom is 0.314 e. The second-order valence-electron chi connectivity index (χ2n) is 4.38. The van der Waals surface area contributed by atoms with E-state index < -0.39 is 11.8 Å². The number of carbonyl (C=O) groups excluding carboxylic acids is 2. The third kappa shape index (κ3) is 4.31. The molecule has 0 saturated heterocycles. The zero-order valence-electron chi connectivity index (χ0n) is 11.1. The molecular weight excluding hydrogens is 356 g/mol. The van der Waals surface area contributed by atoms with Crippen LogP contribution in [0.25, 0.3) is 0 Å². The molecule has 0 bridgehead atoms. The van der Waals surface area contributed by atoms with E-state index in [0.717, 1.165) is 10.0 Å². The number of aryl methyl sites for hydroxylation is 1. The van der Waals surface area contributed by atoms with Gasteiger partial charge in [-0.05, 0) is 55.0 Å². The van der Waals surface area contributed by atoms with Crippen molar-refractivity contribution in [1.29, 1.82) is 0 Å². The fourth-order valence-electron chi connectivity index (χ4n) is 1.63. The van der Waals surface area contributed by atoms with Gasteiger partial charge in [-0.15, -0.1) is 0 Å². The quantitative estimate of drug-likeness (QED) is 0.789. The molecule has 0 radical (unpaired) electrons. The molecule has 0 aliphatic carbocycles. The summed E-state index contributed by atoms with van der Waals surface area (Å²) in [5.41, 5.74) is 2.03. The van der Waals surface area contributed by atoms with Crippen molar-refractivity contribution >= 4 is 50.7 Å². The van der Waals surface area contributed by atoms with E-state index in [1.165, 1.54) is 0 Å². The molecule has 0 atom stereocenters. The van der Waals surface area contributed by atoms with Crippen molar-refractivity contribution in [3.63, 3.8) is 0 Å². The van der Waals surface area contributed by atoms with Crippen molar-refractivity contribution in [2.75, 3.05) is 10.6 Å². The lowest BCUT2D eigenvalue weighted by Gasteiger charge is -2.08. The summed E-state index contributed by atoms with van der Waals surface area (Å²) in [4.78, 5) is 23.6. The summed E-state index contributed by atoms with van der Waals surface area (Å²) >= 11 is 9.12. The van der Waals surface area contributed by atoms with Crippen molar-refractivity contribution in [2.24, 2.45) is 0 Å². The van der Waals surface area contributed by atoms with Gasteiger partial charge in [0, 0.05) is 20.9 Å². The molecule has 2 aromatic carbocycles. The minimum atomic E-state index is -0.738. The number of amides is 2. The average Bonchev–Trinajstić information content (AvgIpc) is 2.45. The van der Waals surface area contributed by atoms with Gasteiger partial charge in [-0.3, -0.25) is 9.59 Å². The predicted molar refractivity (Wildman–Crippen MR) is 87.6 cm³/mol. The van der Waals surface area contributed by atoms with Gasteiger partial charge >= 0.3 is 11.8 Å². The third-order valence-corrected chi connectivity index (χ3v) is 3.87. The van der Waals surface area contributed by atoms with Crippen LogP contribution in [-0.2, 0) is 9.59 Å². The van der Waals surface area contributed by atoms with Gasteiger partial charge in [0.25, 0.3) is 0 Å². The number of hydrogen-bond acceptors (Lipinski definition) is 2. The van der Waals surface area contributed by atoms with Crippen LogP contribution in [0.15, 0.2) is 46.9 Å². The first kappa shape index (κ1) is 15.5. The molecule has 0 heterocycles. The molecule has 6 heteroatoms. The molecule has 0 spiro atoms. The summed E-state index contributed by atoms with van der Waals surface area (Å²) in [7, 11) is 0.